The first-order valence-corrected chi connectivity index (χ1v) is 8.45. The van der Waals surface area contributed by atoms with Gasteiger partial charge in [0.25, 0.3) is 5.91 Å². The smallest absolute Gasteiger partial charge is 0.261 e. The summed E-state index contributed by atoms with van der Waals surface area (Å²) in [5, 5.41) is 5.09. The van der Waals surface area contributed by atoms with Gasteiger partial charge in [0.15, 0.2) is 5.66 Å². The van der Waals surface area contributed by atoms with Crippen molar-refractivity contribution in [2.45, 2.75) is 38.8 Å². The van der Waals surface area contributed by atoms with Crippen LogP contribution in [0.1, 0.15) is 31.4 Å². The minimum atomic E-state index is -1.57. The molecule has 1 aliphatic carbocycles. The zero-order valence-electron chi connectivity index (χ0n) is 14.7. The lowest BCUT2D eigenvalue weighted by Gasteiger charge is -2.31. The highest BCUT2D eigenvalue weighted by Gasteiger charge is 2.39. The predicted molar refractivity (Wildman–Crippen MR) is 94.1 cm³/mol. The van der Waals surface area contributed by atoms with E-state index in [1.54, 1.807) is 0 Å². The van der Waals surface area contributed by atoms with E-state index < -0.39 is 17.5 Å². The summed E-state index contributed by atoms with van der Waals surface area (Å²) < 4.78 is 0. The minimum absolute atomic E-state index is 0.0744. The van der Waals surface area contributed by atoms with Crippen LogP contribution in [-0.4, -0.2) is 29.9 Å². The minimum Gasteiger partial charge on any atom is -0.368 e. The summed E-state index contributed by atoms with van der Waals surface area (Å²) in [4.78, 5) is 36.0. The Kier molecular flexibility index (Phi) is 5.79. The summed E-state index contributed by atoms with van der Waals surface area (Å²) in [7, 11) is 0. The average molecular weight is 346 g/mol. The zero-order chi connectivity index (χ0) is 18.6. The standard InChI is InChI=1S/C18H26N4O3/c1-11(2)9-18(20,17(25)21-10-15(19)23)22-16(24)14-7-12-5-3-4-6-13(12)8-14/h3-6,11,14H,7-10,20H2,1-2H3,(H2,19,23)(H,21,25)(H,22,24)/t18-/m0/s1. The van der Waals surface area contributed by atoms with Crippen molar-refractivity contribution in [3.05, 3.63) is 35.4 Å². The Morgan fingerprint density at radius 3 is 2.24 bits per heavy atom. The van der Waals surface area contributed by atoms with Gasteiger partial charge in [0.2, 0.25) is 11.8 Å². The molecule has 0 spiro atoms. The number of nitrogens with one attached hydrogen (secondary N) is 2. The molecular formula is C18H26N4O3. The number of hydrogen-bond donors (Lipinski definition) is 4. The molecule has 1 atom stereocenters. The molecule has 0 aliphatic heterocycles. The Morgan fingerprint density at radius 1 is 1.20 bits per heavy atom. The molecule has 7 nitrogen and oxygen atoms in total. The first-order valence-electron chi connectivity index (χ1n) is 8.45. The van der Waals surface area contributed by atoms with Crippen LogP contribution in [0, 0.1) is 11.8 Å². The summed E-state index contributed by atoms with van der Waals surface area (Å²) in [5.41, 5.74) is 12.0. The number of nitrogens with two attached hydrogens (primary N) is 2. The van der Waals surface area contributed by atoms with Crippen LogP contribution in [0.3, 0.4) is 0 Å². The zero-order valence-corrected chi connectivity index (χ0v) is 14.7. The topological polar surface area (TPSA) is 127 Å². The number of carbonyl (C=O) groups excluding carboxylic acids is 3. The SMILES string of the molecule is CC(C)C[C@](N)(NC(=O)C1Cc2ccccc2C1)C(=O)NCC(N)=O. The van der Waals surface area contributed by atoms with E-state index >= 15 is 0 Å². The molecule has 0 unspecified atom stereocenters. The van der Waals surface area contributed by atoms with Gasteiger partial charge in [-0.05, 0) is 36.3 Å². The van der Waals surface area contributed by atoms with E-state index in [1.165, 1.54) is 0 Å². The molecule has 0 bridgehead atoms. The third kappa shape index (κ3) is 4.79. The third-order valence-electron chi connectivity index (χ3n) is 4.33. The molecule has 1 aromatic rings. The lowest BCUT2D eigenvalue weighted by atomic mass is 9.95. The van der Waals surface area contributed by atoms with Crippen LogP contribution in [0.15, 0.2) is 24.3 Å². The first kappa shape index (κ1) is 18.9. The molecule has 0 aromatic heterocycles. The van der Waals surface area contributed by atoms with E-state index in [1.807, 2.05) is 38.1 Å². The maximum Gasteiger partial charge on any atom is 0.261 e. The fourth-order valence-electron chi connectivity index (χ4n) is 3.24. The molecule has 2 rings (SSSR count). The van der Waals surface area contributed by atoms with Gasteiger partial charge >= 0.3 is 0 Å². The summed E-state index contributed by atoms with van der Waals surface area (Å²) in [6.07, 6.45) is 1.51. The normalized spacial score (nSPS) is 16.2. The van der Waals surface area contributed by atoms with Gasteiger partial charge in [-0.1, -0.05) is 38.1 Å². The van der Waals surface area contributed by atoms with Gasteiger partial charge in [-0.25, -0.2) is 0 Å². The molecule has 3 amide bonds. The fraction of sp³-hybridized carbons (Fsp3) is 0.500. The van der Waals surface area contributed by atoms with Crippen molar-refractivity contribution in [3.63, 3.8) is 0 Å². The van der Waals surface area contributed by atoms with Crippen LogP contribution in [0.5, 0.6) is 0 Å². The Morgan fingerprint density at radius 2 is 1.76 bits per heavy atom. The van der Waals surface area contributed by atoms with Gasteiger partial charge in [-0.15, -0.1) is 0 Å². The molecule has 7 heteroatoms. The van der Waals surface area contributed by atoms with Crippen LogP contribution in [-0.2, 0) is 27.2 Å². The molecule has 0 saturated carbocycles. The Bertz CT molecular complexity index is 649. The average Bonchev–Trinajstić information content (AvgIpc) is 2.95. The van der Waals surface area contributed by atoms with Gasteiger partial charge < -0.3 is 22.1 Å². The molecule has 25 heavy (non-hydrogen) atoms. The van der Waals surface area contributed by atoms with Crippen LogP contribution >= 0.6 is 0 Å². The Balaban J connectivity index is 2.07. The molecule has 1 aromatic carbocycles. The third-order valence-corrected chi connectivity index (χ3v) is 4.33. The number of rotatable bonds is 7. The van der Waals surface area contributed by atoms with E-state index in [0.717, 1.165) is 11.1 Å². The molecule has 0 saturated heterocycles. The monoisotopic (exact) mass is 346 g/mol. The van der Waals surface area contributed by atoms with Gasteiger partial charge in [0, 0.05) is 5.92 Å². The second-order valence-electron chi connectivity index (χ2n) is 7.08. The molecule has 0 fully saturated rings. The molecular weight excluding hydrogens is 320 g/mol. The summed E-state index contributed by atoms with van der Waals surface area (Å²) in [6, 6.07) is 7.91. The largest absolute Gasteiger partial charge is 0.368 e. The van der Waals surface area contributed by atoms with Gasteiger partial charge in [0.05, 0.1) is 6.54 Å². The number of amides is 3. The first-order chi connectivity index (χ1) is 11.7. The van der Waals surface area contributed by atoms with E-state index in [4.69, 9.17) is 11.5 Å². The Hall–Kier alpha value is -2.41. The predicted octanol–water partition coefficient (Wildman–Crippen LogP) is -0.180. The van der Waals surface area contributed by atoms with Crippen molar-refractivity contribution < 1.29 is 14.4 Å². The van der Waals surface area contributed by atoms with Crippen molar-refractivity contribution in [2.24, 2.45) is 23.3 Å². The number of primary amides is 1. The van der Waals surface area contributed by atoms with Crippen molar-refractivity contribution in [3.8, 4) is 0 Å². The van der Waals surface area contributed by atoms with Crippen molar-refractivity contribution >= 4 is 17.7 Å². The van der Waals surface area contributed by atoms with E-state index in [0.29, 0.717) is 12.8 Å². The van der Waals surface area contributed by atoms with E-state index in [-0.39, 0.29) is 30.7 Å². The molecule has 1 aliphatic rings. The van der Waals surface area contributed by atoms with E-state index in [2.05, 4.69) is 10.6 Å². The quantitative estimate of drug-likeness (QED) is 0.511. The molecule has 0 heterocycles. The van der Waals surface area contributed by atoms with Gasteiger partial charge in [-0.2, -0.15) is 0 Å². The number of hydrogen-bond acceptors (Lipinski definition) is 4. The lowest BCUT2D eigenvalue weighted by molar-refractivity contribution is -0.136. The maximum atomic E-state index is 12.7. The number of benzene rings is 1. The van der Waals surface area contributed by atoms with Gasteiger partial charge in [-0.3, -0.25) is 14.4 Å². The second-order valence-corrected chi connectivity index (χ2v) is 7.08. The number of carbonyl (C=O) groups is 3. The van der Waals surface area contributed by atoms with Crippen molar-refractivity contribution in [1.29, 1.82) is 0 Å². The number of fused-ring (bicyclic) bond motifs is 1. The molecule has 0 radical (unpaired) electrons. The maximum absolute atomic E-state index is 12.7. The van der Waals surface area contributed by atoms with Crippen LogP contribution in [0.2, 0.25) is 0 Å². The van der Waals surface area contributed by atoms with Crippen LogP contribution < -0.4 is 22.1 Å². The summed E-state index contributed by atoms with van der Waals surface area (Å²) >= 11 is 0. The lowest BCUT2D eigenvalue weighted by Crippen LogP contribution is -2.66. The summed E-state index contributed by atoms with van der Waals surface area (Å²) in [6.45, 7) is 3.49. The van der Waals surface area contributed by atoms with Gasteiger partial charge in [0.1, 0.15) is 0 Å². The van der Waals surface area contributed by atoms with E-state index in [9.17, 15) is 14.4 Å². The van der Waals surface area contributed by atoms with Crippen LogP contribution in [0.4, 0.5) is 0 Å². The highest BCUT2D eigenvalue weighted by Crippen LogP contribution is 2.27. The van der Waals surface area contributed by atoms with Crippen LogP contribution in [0.25, 0.3) is 0 Å². The summed E-state index contributed by atoms with van der Waals surface area (Å²) in [5.74, 6) is -1.71. The highest BCUT2D eigenvalue weighted by atomic mass is 16.2. The fourth-order valence-corrected chi connectivity index (χ4v) is 3.24. The second kappa shape index (κ2) is 7.65. The molecule has 6 N–H and O–H groups in total. The highest BCUT2D eigenvalue weighted by molar-refractivity contribution is 5.93. The Labute approximate surface area is 147 Å². The molecule has 136 valence electrons. The van der Waals surface area contributed by atoms with Crippen molar-refractivity contribution in [1.82, 2.24) is 10.6 Å². The van der Waals surface area contributed by atoms with Crippen molar-refractivity contribution in [2.75, 3.05) is 6.54 Å².